The lowest BCUT2D eigenvalue weighted by molar-refractivity contribution is 0.0981. The van der Waals surface area contributed by atoms with Crippen molar-refractivity contribution in [3.8, 4) is 22.3 Å². The second-order valence-corrected chi connectivity index (χ2v) is 9.06. The molecule has 158 valence electrons. The highest BCUT2D eigenvalue weighted by Gasteiger charge is 2.35. The van der Waals surface area contributed by atoms with Crippen molar-refractivity contribution in [1.29, 1.82) is 0 Å². The van der Waals surface area contributed by atoms with Crippen molar-refractivity contribution in [2.24, 2.45) is 0 Å². The van der Waals surface area contributed by atoms with E-state index < -0.39 is 0 Å². The molecule has 1 aliphatic carbocycles. The van der Waals surface area contributed by atoms with Gasteiger partial charge in [-0.25, -0.2) is 0 Å². The molecule has 0 aliphatic heterocycles. The molecule has 1 heteroatoms. The maximum absolute atomic E-state index is 13.7. The van der Waals surface area contributed by atoms with Crippen LogP contribution in [0.3, 0.4) is 0 Å². The quantitative estimate of drug-likeness (QED) is 0.286. The molecule has 0 radical (unpaired) electrons. The van der Waals surface area contributed by atoms with Crippen LogP contribution in [0.5, 0.6) is 0 Å². The van der Waals surface area contributed by atoms with E-state index in [1.54, 1.807) is 0 Å². The summed E-state index contributed by atoms with van der Waals surface area (Å²) in [5, 5.41) is 2.28. The molecular formula is C32H24O. The molecule has 33 heavy (non-hydrogen) atoms. The van der Waals surface area contributed by atoms with Gasteiger partial charge in [0, 0.05) is 5.56 Å². The number of rotatable bonds is 3. The summed E-state index contributed by atoms with van der Waals surface area (Å²) in [4.78, 5) is 13.7. The standard InChI is InChI=1S/C32H24O/c1-20-8-6-12-23(18-20)25-14-16-27-29(22-10-4-3-5-11-22)32(33)28-17-15-26(30(25)31(27)28)24-13-7-9-21(2)19-24/h3-19,29H,1-2H3. The van der Waals surface area contributed by atoms with Crippen molar-refractivity contribution in [2.75, 3.05) is 0 Å². The Balaban J connectivity index is 1.72. The largest absolute Gasteiger partial charge is 0.293 e. The molecule has 1 aliphatic rings. The Morgan fingerprint density at radius 3 is 1.73 bits per heavy atom. The summed E-state index contributed by atoms with van der Waals surface area (Å²) < 4.78 is 0. The van der Waals surface area contributed by atoms with Crippen LogP contribution in [0.2, 0.25) is 0 Å². The number of ketones is 1. The van der Waals surface area contributed by atoms with E-state index in [4.69, 9.17) is 0 Å². The molecule has 6 rings (SSSR count). The summed E-state index contributed by atoms with van der Waals surface area (Å²) in [6.45, 7) is 4.25. The molecule has 0 N–H and O–H groups in total. The fourth-order valence-corrected chi connectivity index (χ4v) is 5.35. The summed E-state index contributed by atoms with van der Waals surface area (Å²) in [6, 6.07) is 36.0. The third-order valence-electron chi connectivity index (χ3n) is 6.82. The molecule has 0 amide bonds. The molecule has 1 nitrogen and oxygen atoms in total. The number of hydrogen-bond acceptors (Lipinski definition) is 1. The van der Waals surface area contributed by atoms with Crippen LogP contribution in [0.1, 0.15) is 38.5 Å². The topological polar surface area (TPSA) is 17.1 Å². The van der Waals surface area contributed by atoms with Crippen LogP contribution in [0.25, 0.3) is 33.0 Å². The highest BCUT2D eigenvalue weighted by molar-refractivity contribution is 6.24. The highest BCUT2D eigenvalue weighted by Crippen LogP contribution is 2.48. The molecule has 0 heterocycles. The van der Waals surface area contributed by atoms with Crippen LogP contribution in [0.4, 0.5) is 0 Å². The summed E-state index contributed by atoms with van der Waals surface area (Å²) in [6.07, 6.45) is 0. The van der Waals surface area contributed by atoms with E-state index in [-0.39, 0.29) is 11.7 Å². The average Bonchev–Trinajstić information content (AvgIpc) is 3.12. The molecule has 0 bridgehead atoms. The lowest BCUT2D eigenvalue weighted by Gasteiger charge is -2.16. The SMILES string of the molecule is Cc1cccc(-c2ccc3c4c(ccc(-c5cccc(C)c5)c24)C(c2ccccc2)C3=O)c1. The van der Waals surface area contributed by atoms with E-state index in [1.165, 1.54) is 38.8 Å². The first-order valence-electron chi connectivity index (χ1n) is 11.4. The molecule has 0 aromatic heterocycles. The van der Waals surface area contributed by atoms with Crippen LogP contribution in [0, 0.1) is 13.8 Å². The molecular weight excluding hydrogens is 400 g/mol. The molecule has 0 saturated heterocycles. The Labute approximate surface area is 194 Å². The second-order valence-electron chi connectivity index (χ2n) is 9.06. The molecule has 0 spiro atoms. The van der Waals surface area contributed by atoms with Gasteiger partial charge >= 0.3 is 0 Å². The average molecular weight is 425 g/mol. The number of carbonyl (C=O) groups is 1. The fraction of sp³-hybridized carbons (Fsp3) is 0.0938. The van der Waals surface area contributed by atoms with Gasteiger partial charge in [0.1, 0.15) is 0 Å². The van der Waals surface area contributed by atoms with E-state index in [1.807, 2.05) is 24.3 Å². The van der Waals surface area contributed by atoms with Gasteiger partial charge in [0.2, 0.25) is 0 Å². The van der Waals surface area contributed by atoms with Crippen molar-refractivity contribution < 1.29 is 4.79 Å². The Bertz CT molecular complexity index is 1490. The minimum Gasteiger partial charge on any atom is -0.293 e. The van der Waals surface area contributed by atoms with E-state index in [2.05, 4.69) is 92.7 Å². The molecule has 1 atom stereocenters. The number of carbonyl (C=O) groups excluding carboxylic acids is 1. The summed E-state index contributed by atoms with van der Waals surface area (Å²) in [7, 11) is 0. The number of aryl methyl sites for hydroxylation is 2. The van der Waals surface area contributed by atoms with Crippen LogP contribution >= 0.6 is 0 Å². The number of hydrogen-bond donors (Lipinski definition) is 0. The van der Waals surface area contributed by atoms with E-state index >= 15 is 0 Å². The van der Waals surface area contributed by atoms with Gasteiger partial charge < -0.3 is 0 Å². The molecule has 0 saturated carbocycles. The van der Waals surface area contributed by atoms with Gasteiger partial charge in [-0.3, -0.25) is 4.79 Å². The van der Waals surface area contributed by atoms with Crippen molar-refractivity contribution in [3.05, 3.63) is 131 Å². The maximum Gasteiger partial charge on any atom is 0.175 e. The first kappa shape index (κ1) is 19.7. The smallest absolute Gasteiger partial charge is 0.175 e. The Morgan fingerprint density at radius 2 is 1.12 bits per heavy atom. The number of Topliss-reactive ketones (excluding diaryl/α,β-unsaturated/α-hetero) is 1. The first-order chi connectivity index (χ1) is 16.1. The van der Waals surface area contributed by atoms with Gasteiger partial charge in [-0.05, 0) is 58.0 Å². The van der Waals surface area contributed by atoms with Gasteiger partial charge in [0.05, 0.1) is 5.92 Å². The minimum atomic E-state index is -0.247. The zero-order valence-corrected chi connectivity index (χ0v) is 18.8. The lowest BCUT2D eigenvalue weighted by atomic mass is 9.87. The van der Waals surface area contributed by atoms with E-state index in [9.17, 15) is 4.79 Å². The predicted octanol–water partition coefficient (Wildman–Crippen LogP) is 8.12. The van der Waals surface area contributed by atoms with Gasteiger partial charge in [-0.2, -0.15) is 0 Å². The Hall–Kier alpha value is -3.97. The Morgan fingerprint density at radius 1 is 0.545 bits per heavy atom. The first-order valence-corrected chi connectivity index (χ1v) is 11.4. The van der Waals surface area contributed by atoms with Crippen LogP contribution in [-0.2, 0) is 0 Å². The predicted molar refractivity (Wildman–Crippen MR) is 137 cm³/mol. The van der Waals surface area contributed by atoms with Gasteiger partial charge in [-0.15, -0.1) is 0 Å². The van der Waals surface area contributed by atoms with Crippen molar-refractivity contribution >= 4 is 16.6 Å². The second kappa shape index (κ2) is 7.56. The van der Waals surface area contributed by atoms with E-state index in [0.29, 0.717) is 0 Å². The van der Waals surface area contributed by atoms with Crippen molar-refractivity contribution in [2.45, 2.75) is 19.8 Å². The van der Waals surface area contributed by atoms with Crippen molar-refractivity contribution in [3.63, 3.8) is 0 Å². The lowest BCUT2D eigenvalue weighted by Crippen LogP contribution is -2.07. The summed E-state index contributed by atoms with van der Waals surface area (Å²) in [5.41, 5.74) is 10.2. The van der Waals surface area contributed by atoms with Gasteiger partial charge in [-0.1, -0.05) is 114 Å². The van der Waals surface area contributed by atoms with Crippen LogP contribution in [-0.4, -0.2) is 5.78 Å². The molecule has 5 aromatic carbocycles. The highest BCUT2D eigenvalue weighted by atomic mass is 16.1. The minimum absolute atomic E-state index is 0.193. The fourth-order valence-electron chi connectivity index (χ4n) is 5.35. The zero-order chi connectivity index (χ0) is 22.5. The van der Waals surface area contributed by atoms with Gasteiger partial charge in [0.25, 0.3) is 0 Å². The summed E-state index contributed by atoms with van der Waals surface area (Å²) >= 11 is 0. The third-order valence-corrected chi connectivity index (χ3v) is 6.82. The van der Waals surface area contributed by atoms with Crippen LogP contribution in [0.15, 0.2) is 103 Å². The molecule has 5 aromatic rings. The third kappa shape index (κ3) is 3.12. The van der Waals surface area contributed by atoms with Crippen LogP contribution < -0.4 is 0 Å². The molecule has 0 fully saturated rings. The zero-order valence-electron chi connectivity index (χ0n) is 18.8. The van der Waals surface area contributed by atoms with E-state index in [0.717, 1.165) is 22.1 Å². The van der Waals surface area contributed by atoms with Crippen molar-refractivity contribution in [1.82, 2.24) is 0 Å². The maximum atomic E-state index is 13.7. The monoisotopic (exact) mass is 424 g/mol. The number of benzene rings is 5. The van der Waals surface area contributed by atoms with Gasteiger partial charge in [0.15, 0.2) is 5.78 Å². The Kier molecular flexibility index (Phi) is 4.52. The normalized spacial score (nSPS) is 14.7. The molecule has 1 unspecified atom stereocenters. The summed E-state index contributed by atoms with van der Waals surface area (Å²) in [5.74, 6) is -0.0543.